The van der Waals surface area contributed by atoms with E-state index in [-0.39, 0.29) is 24.4 Å². The van der Waals surface area contributed by atoms with Crippen molar-refractivity contribution in [2.75, 3.05) is 13.1 Å². The van der Waals surface area contributed by atoms with Crippen LogP contribution >= 0.6 is 0 Å². The summed E-state index contributed by atoms with van der Waals surface area (Å²) in [4.78, 5) is 30.6. The molecule has 0 spiro atoms. The number of hydrogen-bond acceptors (Lipinski definition) is 2. The van der Waals surface area contributed by atoms with Crippen LogP contribution < -0.4 is 0 Å². The maximum atomic E-state index is 13.7. The molecule has 4 nitrogen and oxygen atoms in total. The van der Waals surface area contributed by atoms with Crippen molar-refractivity contribution >= 4 is 11.8 Å². The van der Waals surface area contributed by atoms with Crippen molar-refractivity contribution in [3.8, 4) is 0 Å². The summed E-state index contributed by atoms with van der Waals surface area (Å²) in [5.74, 6) is 0.868. The Bertz CT molecular complexity index is 870. The van der Waals surface area contributed by atoms with Gasteiger partial charge in [-0.15, -0.1) is 0 Å². The minimum atomic E-state index is -0.519. The fourth-order valence-electron chi connectivity index (χ4n) is 4.83. The molecule has 30 heavy (non-hydrogen) atoms. The summed E-state index contributed by atoms with van der Waals surface area (Å²) >= 11 is 0. The molecule has 4 rings (SSSR count). The van der Waals surface area contributed by atoms with Crippen LogP contribution in [-0.2, 0) is 16.0 Å². The van der Waals surface area contributed by atoms with E-state index in [1.165, 1.54) is 5.56 Å². The molecule has 1 aliphatic heterocycles. The van der Waals surface area contributed by atoms with Gasteiger partial charge in [-0.25, -0.2) is 0 Å². The number of hydrogen-bond donors (Lipinski definition) is 0. The van der Waals surface area contributed by atoms with Crippen molar-refractivity contribution in [2.24, 2.45) is 5.92 Å². The van der Waals surface area contributed by atoms with E-state index in [0.717, 1.165) is 43.2 Å². The van der Waals surface area contributed by atoms with Crippen LogP contribution in [0.25, 0.3) is 0 Å². The van der Waals surface area contributed by atoms with Gasteiger partial charge in [0.15, 0.2) is 0 Å². The highest BCUT2D eigenvalue weighted by atomic mass is 16.2. The van der Waals surface area contributed by atoms with E-state index in [1.54, 1.807) is 0 Å². The molecule has 0 bridgehead atoms. The number of carbonyl (C=O) groups is 2. The predicted molar refractivity (Wildman–Crippen MR) is 119 cm³/mol. The van der Waals surface area contributed by atoms with Gasteiger partial charge < -0.3 is 9.80 Å². The molecule has 1 atom stereocenters. The molecule has 0 N–H and O–H groups in total. The van der Waals surface area contributed by atoms with Crippen molar-refractivity contribution in [3.63, 3.8) is 0 Å². The summed E-state index contributed by atoms with van der Waals surface area (Å²) in [6, 6.07) is 17.9. The topological polar surface area (TPSA) is 40.6 Å². The normalized spacial score (nSPS) is 24.9. The van der Waals surface area contributed by atoms with Gasteiger partial charge in [-0.3, -0.25) is 9.59 Å². The Morgan fingerprint density at radius 3 is 2.23 bits per heavy atom. The second-order valence-electron chi connectivity index (χ2n) is 9.02. The second kappa shape index (κ2) is 9.03. The van der Waals surface area contributed by atoms with Crippen LogP contribution in [0.4, 0.5) is 0 Å². The van der Waals surface area contributed by atoms with Gasteiger partial charge >= 0.3 is 0 Å². The Hall–Kier alpha value is -2.62. The number of aryl methyl sites for hydroxylation is 1. The first kappa shape index (κ1) is 20.6. The SMILES string of the molecule is Cc1ccc([C@@H]2C(=O)N(C3CCC(C)CC3)CC(=O)N2CCc2ccccc2)cc1. The van der Waals surface area contributed by atoms with Crippen LogP contribution in [-0.4, -0.2) is 40.7 Å². The molecule has 158 valence electrons. The molecular formula is C26H32N2O2. The average Bonchev–Trinajstić information content (AvgIpc) is 2.76. The lowest BCUT2D eigenvalue weighted by atomic mass is 9.85. The van der Waals surface area contributed by atoms with E-state index in [1.807, 2.05) is 59.2 Å². The van der Waals surface area contributed by atoms with E-state index in [0.29, 0.717) is 12.5 Å². The fraction of sp³-hybridized carbons (Fsp3) is 0.462. The zero-order valence-electron chi connectivity index (χ0n) is 18.1. The zero-order valence-corrected chi connectivity index (χ0v) is 18.1. The number of piperazine rings is 1. The summed E-state index contributed by atoms with van der Waals surface area (Å²) in [7, 11) is 0. The summed E-state index contributed by atoms with van der Waals surface area (Å²) in [6.45, 7) is 5.10. The first-order chi connectivity index (χ1) is 14.5. The third-order valence-corrected chi connectivity index (χ3v) is 6.76. The molecular weight excluding hydrogens is 372 g/mol. The standard InChI is InChI=1S/C26H32N2O2/c1-19-8-12-22(13-9-19)25-26(30)28(23-14-10-20(2)11-15-23)18-24(29)27(25)17-16-21-6-4-3-5-7-21/h3-9,12-13,20,23,25H,10-11,14-18H2,1-2H3/t20?,23?,25-/m1/s1. The van der Waals surface area contributed by atoms with Gasteiger partial charge in [0, 0.05) is 12.6 Å². The number of amides is 2. The van der Waals surface area contributed by atoms with Crippen molar-refractivity contribution < 1.29 is 9.59 Å². The highest BCUT2D eigenvalue weighted by Crippen LogP contribution is 2.34. The molecule has 0 radical (unpaired) electrons. The summed E-state index contributed by atoms with van der Waals surface area (Å²) < 4.78 is 0. The number of carbonyl (C=O) groups excluding carboxylic acids is 2. The van der Waals surface area contributed by atoms with Gasteiger partial charge in [-0.2, -0.15) is 0 Å². The van der Waals surface area contributed by atoms with E-state index >= 15 is 0 Å². The van der Waals surface area contributed by atoms with Crippen LogP contribution in [0.1, 0.15) is 55.3 Å². The summed E-state index contributed by atoms with van der Waals surface area (Å²) in [6.07, 6.45) is 5.03. The Labute approximate surface area is 179 Å². The Balaban J connectivity index is 1.59. The van der Waals surface area contributed by atoms with E-state index in [4.69, 9.17) is 0 Å². The number of rotatable bonds is 5. The molecule has 2 amide bonds. The van der Waals surface area contributed by atoms with Gasteiger partial charge in [-0.05, 0) is 56.1 Å². The first-order valence-corrected chi connectivity index (χ1v) is 11.2. The first-order valence-electron chi connectivity index (χ1n) is 11.2. The molecule has 2 fully saturated rings. The summed E-state index contributed by atoms with van der Waals surface area (Å²) in [5.41, 5.74) is 3.26. The minimum Gasteiger partial charge on any atom is -0.328 e. The van der Waals surface area contributed by atoms with E-state index in [9.17, 15) is 9.59 Å². The van der Waals surface area contributed by atoms with Gasteiger partial charge in [0.1, 0.15) is 12.6 Å². The zero-order chi connectivity index (χ0) is 21.1. The van der Waals surface area contributed by atoms with Gasteiger partial charge in [0.05, 0.1) is 0 Å². The Kier molecular flexibility index (Phi) is 6.21. The lowest BCUT2D eigenvalue weighted by Gasteiger charge is -2.45. The monoisotopic (exact) mass is 404 g/mol. The molecule has 1 saturated carbocycles. The lowest BCUT2D eigenvalue weighted by Crippen LogP contribution is -2.59. The lowest BCUT2D eigenvalue weighted by molar-refractivity contribution is -0.159. The molecule has 2 aromatic carbocycles. The van der Waals surface area contributed by atoms with Gasteiger partial charge in [-0.1, -0.05) is 67.1 Å². The fourth-order valence-corrected chi connectivity index (χ4v) is 4.83. The van der Waals surface area contributed by atoms with Crippen LogP contribution in [0.5, 0.6) is 0 Å². The molecule has 0 aromatic heterocycles. The minimum absolute atomic E-state index is 0.0646. The molecule has 1 aliphatic carbocycles. The van der Waals surface area contributed by atoms with Crippen LogP contribution in [0, 0.1) is 12.8 Å². The quantitative estimate of drug-likeness (QED) is 0.735. The van der Waals surface area contributed by atoms with Gasteiger partial charge in [0.2, 0.25) is 5.91 Å². The largest absolute Gasteiger partial charge is 0.328 e. The smallest absolute Gasteiger partial charge is 0.250 e. The van der Waals surface area contributed by atoms with Crippen molar-refractivity contribution in [3.05, 3.63) is 71.3 Å². The molecule has 4 heteroatoms. The molecule has 1 saturated heterocycles. The van der Waals surface area contributed by atoms with Crippen molar-refractivity contribution in [1.29, 1.82) is 0 Å². The van der Waals surface area contributed by atoms with E-state index < -0.39 is 6.04 Å². The molecule has 1 heterocycles. The van der Waals surface area contributed by atoms with Crippen molar-refractivity contribution in [2.45, 2.75) is 58.0 Å². The van der Waals surface area contributed by atoms with Crippen LogP contribution in [0.3, 0.4) is 0 Å². The Morgan fingerprint density at radius 2 is 1.57 bits per heavy atom. The predicted octanol–water partition coefficient (Wildman–Crippen LogP) is 4.53. The van der Waals surface area contributed by atoms with Crippen LogP contribution in [0.15, 0.2) is 54.6 Å². The Morgan fingerprint density at radius 1 is 0.900 bits per heavy atom. The van der Waals surface area contributed by atoms with Crippen LogP contribution in [0.2, 0.25) is 0 Å². The second-order valence-corrected chi connectivity index (χ2v) is 9.02. The van der Waals surface area contributed by atoms with Crippen molar-refractivity contribution in [1.82, 2.24) is 9.80 Å². The maximum absolute atomic E-state index is 13.7. The highest BCUT2D eigenvalue weighted by Gasteiger charge is 2.43. The van der Waals surface area contributed by atoms with E-state index in [2.05, 4.69) is 19.1 Å². The third-order valence-electron chi connectivity index (χ3n) is 6.76. The number of benzene rings is 2. The maximum Gasteiger partial charge on any atom is 0.250 e. The average molecular weight is 405 g/mol. The highest BCUT2D eigenvalue weighted by molar-refractivity contribution is 5.95. The van der Waals surface area contributed by atoms with Gasteiger partial charge in [0.25, 0.3) is 5.91 Å². The third kappa shape index (κ3) is 4.43. The molecule has 2 aliphatic rings. The number of nitrogens with zero attached hydrogens (tertiary/aromatic N) is 2. The molecule has 0 unspecified atom stereocenters. The molecule has 2 aromatic rings. The summed E-state index contributed by atoms with van der Waals surface area (Å²) in [5, 5.41) is 0.